The van der Waals surface area contributed by atoms with E-state index < -0.39 is 23.0 Å². The Kier molecular flexibility index (Phi) is 7.55. The quantitative estimate of drug-likeness (QED) is 0.476. The van der Waals surface area contributed by atoms with Gasteiger partial charge in [0.25, 0.3) is 5.91 Å². The number of anilines is 2. The summed E-state index contributed by atoms with van der Waals surface area (Å²) in [6.45, 7) is 11.7. The van der Waals surface area contributed by atoms with E-state index in [2.05, 4.69) is 32.3 Å². The predicted octanol–water partition coefficient (Wildman–Crippen LogP) is 5.49. The van der Waals surface area contributed by atoms with Crippen molar-refractivity contribution in [1.82, 2.24) is 10.2 Å². The second-order valence-corrected chi connectivity index (χ2v) is 9.98. The number of nitrogens with zero attached hydrogens (tertiary/aromatic N) is 3. The van der Waals surface area contributed by atoms with Gasteiger partial charge < -0.3 is 15.0 Å². The number of hydrogen-bond donors (Lipinski definition) is 1. The van der Waals surface area contributed by atoms with E-state index in [1.54, 1.807) is 19.9 Å². The van der Waals surface area contributed by atoms with Crippen molar-refractivity contribution in [2.45, 2.75) is 40.0 Å². The molecule has 1 aliphatic rings. The number of halogens is 2. The molecule has 0 aliphatic carbocycles. The number of ether oxygens (including phenoxy) is 1. The Morgan fingerprint density at radius 2 is 1.78 bits per heavy atom. The maximum Gasteiger partial charge on any atom is 0.255 e. The van der Waals surface area contributed by atoms with Crippen LogP contribution < -0.4 is 10.2 Å². The van der Waals surface area contributed by atoms with Crippen LogP contribution in [-0.2, 0) is 10.2 Å². The maximum atomic E-state index is 14.9. The zero-order chi connectivity index (χ0) is 26.7. The van der Waals surface area contributed by atoms with Gasteiger partial charge in [0.15, 0.2) is 5.69 Å². The van der Waals surface area contributed by atoms with Crippen molar-refractivity contribution in [3.63, 3.8) is 0 Å². The molecule has 3 aromatic rings. The van der Waals surface area contributed by atoms with E-state index in [1.807, 2.05) is 26.8 Å². The Bertz CT molecular complexity index is 1400. The Balaban J connectivity index is 1.70. The van der Waals surface area contributed by atoms with Gasteiger partial charge in [0.05, 0.1) is 30.3 Å². The summed E-state index contributed by atoms with van der Waals surface area (Å²) in [6.07, 6.45) is 0. The highest BCUT2D eigenvalue weighted by Gasteiger charge is 2.22. The van der Waals surface area contributed by atoms with Gasteiger partial charge in [-0.25, -0.2) is 8.78 Å². The minimum Gasteiger partial charge on any atom is -0.378 e. The molecule has 1 aliphatic heterocycles. The summed E-state index contributed by atoms with van der Waals surface area (Å²) >= 11 is 0. The van der Waals surface area contributed by atoms with Crippen LogP contribution in [0.3, 0.4) is 0 Å². The Morgan fingerprint density at radius 1 is 1.05 bits per heavy atom. The number of morpholine rings is 1. The molecule has 37 heavy (non-hydrogen) atoms. The molecule has 1 N–H and O–H groups in total. The van der Waals surface area contributed by atoms with E-state index in [9.17, 15) is 13.6 Å². The number of hydrogen-bond acceptors (Lipinski definition) is 5. The van der Waals surface area contributed by atoms with E-state index >= 15 is 0 Å². The number of carbonyl (C=O) groups is 1. The summed E-state index contributed by atoms with van der Waals surface area (Å²) < 4.78 is 34.7. The van der Waals surface area contributed by atoms with Crippen LogP contribution in [0.15, 0.2) is 36.4 Å². The third-order valence-corrected chi connectivity index (χ3v) is 6.24. The molecule has 2 aromatic carbocycles. The van der Waals surface area contributed by atoms with Gasteiger partial charge in [0.1, 0.15) is 11.6 Å². The van der Waals surface area contributed by atoms with Gasteiger partial charge in [-0.05, 0) is 72.7 Å². The highest BCUT2D eigenvalue weighted by Crippen LogP contribution is 2.32. The second-order valence-electron chi connectivity index (χ2n) is 9.98. The number of aromatic nitrogens is 2. The number of rotatable bonds is 4. The fourth-order valence-corrected chi connectivity index (χ4v) is 4.25. The molecule has 1 saturated heterocycles. The van der Waals surface area contributed by atoms with Crippen LogP contribution in [0.2, 0.25) is 0 Å². The first-order valence-corrected chi connectivity index (χ1v) is 12.1. The first-order valence-electron chi connectivity index (χ1n) is 12.1. The maximum absolute atomic E-state index is 14.9. The Morgan fingerprint density at radius 3 is 2.46 bits per heavy atom. The van der Waals surface area contributed by atoms with Crippen molar-refractivity contribution in [1.29, 1.82) is 0 Å². The Hall–Kier alpha value is -3.83. The summed E-state index contributed by atoms with van der Waals surface area (Å²) in [6, 6.07) is 8.95. The van der Waals surface area contributed by atoms with E-state index in [-0.39, 0.29) is 11.3 Å². The molecule has 4 rings (SSSR count). The predicted molar refractivity (Wildman–Crippen MR) is 141 cm³/mol. The SMILES string of the molecule is CC#Cc1nnc(-c2cc(NC(=O)c3ccc(F)c(C(C)(C)C)c3)c(F)cc2C)cc1N1CCOCC1. The summed E-state index contributed by atoms with van der Waals surface area (Å²) in [5, 5.41) is 11.3. The summed E-state index contributed by atoms with van der Waals surface area (Å²) in [5.74, 6) is 4.37. The minimum absolute atomic E-state index is 0.000572. The molecule has 0 saturated carbocycles. The Labute approximate surface area is 216 Å². The van der Waals surface area contributed by atoms with E-state index in [1.165, 1.54) is 24.3 Å². The molecule has 8 heteroatoms. The van der Waals surface area contributed by atoms with Crippen LogP contribution in [-0.4, -0.2) is 42.4 Å². The van der Waals surface area contributed by atoms with E-state index in [0.29, 0.717) is 54.4 Å². The van der Waals surface area contributed by atoms with E-state index in [0.717, 1.165) is 5.69 Å². The van der Waals surface area contributed by atoms with Gasteiger partial charge in [-0.2, -0.15) is 0 Å². The van der Waals surface area contributed by atoms with Crippen molar-refractivity contribution in [3.8, 4) is 23.1 Å². The normalized spacial score (nSPS) is 13.6. The standard InChI is InChI=1S/C29H30F2N4O2/c1-6-7-24-27(35-10-12-37-13-11-35)17-25(34-33-24)20-16-26(23(31)14-18(20)2)32-28(36)19-8-9-22(30)21(15-19)29(3,4)5/h8-9,14-17H,10-13H2,1-5H3,(H,32,36). The van der Waals surface area contributed by atoms with Gasteiger partial charge in [0, 0.05) is 24.2 Å². The highest BCUT2D eigenvalue weighted by molar-refractivity contribution is 6.04. The first kappa shape index (κ1) is 26.2. The minimum atomic E-state index is -0.581. The molecule has 1 amide bonds. The van der Waals surface area contributed by atoms with Crippen molar-refractivity contribution in [2.75, 3.05) is 36.5 Å². The lowest BCUT2D eigenvalue weighted by Gasteiger charge is -2.29. The van der Waals surface area contributed by atoms with Crippen LogP contribution in [0, 0.1) is 30.4 Å². The van der Waals surface area contributed by atoms with Crippen LogP contribution >= 0.6 is 0 Å². The van der Waals surface area contributed by atoms with Gasteiger partial charge in [-0.3, -0.25) is 4.79 Å². The van der Waals surface area contributed by atoms with Crippen molar-refractivity contribution < 1.29 is 18.3 Å². The van der Waals surface area contributed by atoms with E-state index in [4.69, 9.17) is 4.74 Å². The first-order chi connectivity index (χ1) is 17.6. The number of amides is 1. The smallest absolute Gasteiger partial charge is 0.255 e. The average molecular weight is 505 g/mol. The summed E-state index contributed by atoms with van der Waals surface area (Å²) in [7, 11) is 0. The highest BCUT2D eigenvalue weighted by atomic mass is 19.1. The molecular formula is C29H30F2N4O2. The largest absolute Gasteiger partial charge is 0.378 e. The number of benzene rings is 2. The third kappa shape index (κ3) is 5.78. The van der Waals surface area contributed by atoms with Gasteiger partial charge in [-0.1, -0.05) is 26.7 Å². The third-order valence-electron chi connectivity index (χ3n) is 6.24. The average Bonchev–Trinajstić information content (AvgIpc) is 2.86. The summed E-state index contributed by atoms with van der Waals surface area (Å²) in [5.41, 5.74) is 3.36. The van der Waals surface area contributed by atoms with Crippen LogP contribution in [0.4, 0.5) is 20.2 Å². The number of nitrogens with one attached hydrogen (secondary N) is 1. The fraction of sp³-hybridized carbons (Fsp3) is 0.345. The molecule has 0 unspecified atom stereocenters. The number of aryl methyl sites for hydroxylation is 1. The molecular weight excluding hydrogens is 474 g/mol. The molecule has 2 heterocycles. The lowest BCUT2D eigenvalue weighted by atomic mass is 9.85. The topological polar surface area (TPSA) is 67.4 Å². The second kappa shape index (κ2) is 10.7. The van der Waals surface area contributed by atoms with Gasteiger partial charge >= 0.3 is 0 Å². The van der Waals surface area contributed by atoms with Crippen molar-refractivity contribution in [2.24, 2.45) is 0 Å². The van der Waals surface area contributed by atoms with Gasteiger partial charge in [0.2, 0.25) is 0 Å². The molecule has 0 bridgehead atoms. The van der Waals surface area contributed by atoms with Crippen LogP contribution in [0.1, 0.15) is 54.9 Å². The molecule has 0 atom stereocenters. The zero-order valence-electron chi connectivity index (χ0n) is 21.7. The lowest BCUT2D eigenvalue weighted by molar-refractivity contribution is 0.102. The molecule has 192 valence electrons. The molecule has 6 nitrogen and oxygen atoms in total. The zero-order valence-corrected chi connectivity index (χ0v) is 21.7. The molecule has 1 aromatic heterocycles. The van der Waals surface area contributed by atoms with Crippen LogP contribution in [0.25, 0.3) is 11.3 Å². The monoisotopic (exact) mass is 504 g/mol. The molecule has 0 radical (unpaired) electrons. The van der Waals surface area contributed by atoms with Crippen LogP contribution in [0.5, 0.6) is 0 Å². The van der Waals surface area contributed by atoms with Gasteiger partial charge in [-0.15, -0.1) is 10.2 Å². The fourth-order valence-electron chi connectivity index (χ4n) is 4.25. The van der Waals surface area contributed by atoms with Crippen molar-refractivity contribution in [3.05, 3.63) is 70.4 Å². The number of carbonyl (C=O) groups excluding carboxylic acids is 1. The van der Waals surface area contributed by atoms with Crippen molar-refractivity contribution >= 4 is 17.3 Å². The molecule has 0 spiro atoms. The molecule has 1 fully saturated rings. The summed E-state index contributed by atoms with van der Waals surface area (Å²) in [4.78, 5) is 15.1. The lowest BCUT2D eigenvalue weighted by Crippen LogP contribution is -2.36.